The number of rotatable bonds is 8. The van der Waals surface area contributed by atoms with Gasteiger partial charge in [0.05, 0.1) is 5.75 Å². The van der Waals surface area contributed by atoms with Gasteiger partial charge >= 0.3 is 0 Å². The van der Waals surface area contributed by atoms with E-state index >= 15 is 0 Å². The minimum Gasteiger partial charge on any atom is -0.457 e. The Hall–Kier alpha value is -2.58. The lowest BCUT2D eigenvalue weighted by molar-refractivity contribution is -0.113. The van der Waals surface area contributed by atoms with E-state index in [0.29, 0.717) is 11.8 Å². The van der Waals surface area contributed by atoms with Crippen LogP contribution < -0.4 is 15.4 Å². The predicted molar refractivity (Wildman–Crippen MR) is 114 cm³/mol. The van der Waals surface area contributed by atoms with Crippen molar-refractivity contribution < 1.29 is 9.53 Å². The summed E-state index contributed by atoms with van der Waals surface area (Å²) in [7, 11) is 0. The topological polar surface area (TPSA) is 76.1 Å². The van der Waals surface area contributed by atoms with Crippen LogP contribution >= 0.6 is 23.1 Å². The van der Waals surface area contributed by atoms with Crippen LogP contribution in [0.5, 0.6) is 11.5 Å². The Morgan fingerprint density at radius 1 is 1.11 bits per heavy atom. The summed E-state index contributed by atoms with van der Waals surface area (Å²) in [6.07, 6.45) is 2.39. The first-order valence-electron chi connectivity index (χ1n) is 9.01. The monoisotopic (exact) mass is 412 g/mol. The molecule has 0 radical (unpaired) electrons. The molecule has 0 atom stereocenters. The lowest BCUT2D eigenvalue weighted by Gasteiger charge is -2.08. The first-order valence-corrected chi connectivity index (χ1v) is 10.8. The zero-order valence-corrected chi connectivity index (χ0v) is 17.0. The van der Waals surface area contributed by atoms with Gasteiger partial charge in [-0.15, -0.1) is 10.2 Å². The summed E-state index contributed by atoms with van der Waals surface area (Å²) in [5.74, 6) is 1.72. The fourth-order valence-electron chi connectivity index (χ4n) is 2.40. The average Bonchev–Trinajstić information content (AvgIpc) is 3.39. The highest BCUT2D eigenvalue weighted by Crippen LogP contribution is 2.30. The molecule has 1 aliphatic rings. The van der Waals surface area contributed by atoms with E-state index in [1.54, 1.807) is 0 Å². The quantitative estimate of drug-likeness (QED) is 0.510. The van der Waals surface area contributed by atoms with Gasteiger partial charge in [-0.1, -0.05) is 40.8 Å². The van der Waals surface area contributed by atoms with Crippen LogP contribution in [0.15, 0.2) is 52.9 Å². The van der Waals surface area contributed by atoms with E-state index in [1.165, 1.54) is 41.5 Å². The number of nitrogens with one attached hydrogen (secondary N) is 2. The van der Waals surface area contributed by atoms with E-state index in [1.807, 2.05) is 55.5 Å². The van der Waals surface area contributed by atoms with Crippen molar-refractivity contribution in [1.82, 2.24) is 10.2 Å². The second kappa shape index (κ2) is 8.62. The van der Waals surface area contributed by atoms with Gasteiger partial charge in [-0.05, 0) is 56.2 Å². The van der Waals surface area contributed by atoms with Gasteiger partial charge < -0.3 is 15.4 Å². The molecule has 8 heteroatoms. The van der Waals surface area contributed by atoms with E-state index in [2.05, 4.69) is 20.8 Å². The van der Waals surface area contributed by atoms with Crippen molar-refractivity contribution in [2.24, 2.45) is 0 Å². The van der Waals surface area contributed by atoms with Crippen LogP contribution in [0.4, 0.5) is 10.8 Å². The maximum Gasteiger partial charge on any atom is 0.234 e. The van der Waals surface area contributed by atoms with Crippen LogP contribution in [0.2, 0.25) is 0 Å². The summed E-state index contributed by atoms with van der Waals surface area (Å²) in [6, 6.07) is 15.8. The smallest absolute Gasteiger partial charge is 0.234 e. The number of benzene rings is 2. The number of thioether (sulfide) groups is 1. The summed E-state index contributed by atoms with van der Waals surface area (Å²) in [4.78, 5) is 12.2. The van der Waals surface area contributed by atoms with Gasteiger partial charge in [-0.25, -0.2) is 0 Å². The van der Waals surface area contributed by atoms with Crippen molar-refractivity contribution >= 4 is 39.8 Å². The van der Waals surface area contributed by atoms with Gasteiger partial charge in [-0.3, -0.25) is 4.79 Å². The molecule has 28 heavy (non-hydrogen) atoms. The van der Waals surface area contributed by atoms with E-state index < -0.39 is 0 Å². The zero-order valence-electron chi connectivity index (χ0n) is 15.3. The normalized spacial score (nSPS) is 13.2. The molecule has 0 bridgehead atoms. The Labute approximate surface area is 171 Å². The van der Waals surface area contributed by atoms with Crippen molar-refractivity contribution in [2.45, 2.75) is 30.1 Å². The summed E-state index contributed by atoms with van der Waals surface area (Å²) in [5.41, 5.74) is 1.92. The minimum absolute atomic E-state index is 0.0795. The molecule has 1 heterocycles. The van der Waals surface area contributed by atoms with Gasteiger partial charge in [0.2, 0.25) is 11.0 Å². The first-order chi connectivity index (χ1) is 13.6. The van der Waals surface area contributed by atoms with Gasteiger partial charge in [0, 0.05) is 11.7 Å². The van der Waals surface area contributed by atoms with E-state index in [4.69, 9.17) is 4.74 Å². The number of aryl methyl sites for hydroxylation is 1. The number of carbonyl (C=O) groups is 1. The Balaban J connectivity index is 1.24. The van der Waals surface area contributed by atoms with Crippen LogP contribution in [0.3, 0.4) is 0 Å². The highest BCUT2D eigenvalue weighted by Gasteiger charge is 2.22. The number of amides is 1. The van der Waals surface area contributed by atoms with Crippen molar-refractivity contribution in [1.29, 1.82) is 0 Å². The van der Waals surface area contributed by atoms with E-state index in [0.717, 1.165) is 26.7 Å². The lowest BCUT2D eigenvalue weighted by Crippen LogP contribution is -2.13. The molecule has 1 saturated carbocycles. The predicted octanol–water partition coefficient (Wildman–Crippen LogP) is 4.94. The van der Waals surface area contributed by atoms with E-state index in [-0.39, 0.29) is 5.91 Å². The highest BCUT2D eigenvalue weighted by molar-refractivity contribution is 8.01. The number of carbonyl (C=O) groups excluding carboxylic acids is 1. The number of hydrogen-bond donors (Lipinski definition) is 2. The third-order valence-electron chi connectivity index (χ3n) is 4.03. The SMILES string of the molecule is Cc1ccc(Oc2ccc(NC(=O)CSc3nnc(NC4CC4)s3)cc2)cc1. The van der Waals surface area contributed by atoms with Crippen LogP contribution in [0.25, 0.3) is 0 Å². The lowest BCUT2D eigenvalue weighted by atomic mass is 10.2. The third-order valence-corrected chi connectivity index (χ3v) is 6.02. The van der Waals surface area contributed by atoms with Gasteiger partial charge in [0.15, 0.2) is 4.34 Å². The maximum atomic E-state index is 12.2. The average molecular weight is 413 g/mol. The molecule has 3 aromatic rings. The molecular formula is C20H20N4O2S2. The number of nitrogens with zero attached hydrogens (tertiary/aromatic N) is 2. The molecule has 2 aromatic carbocycles. The van der Waals surface area contributed by atoms with Crippen LogP contribution in [-0.4, -0.2) is 27.9 Å². The first kappa shape index (κ1) is 18.8. The number of anilines is 2. The minimum atomic E-state index is -0.0795. The highest BCUT2D eigenvalue weighted by atomic mass is 32.2. The zero-order chi connectivity index (χ0) is 19.3. The summed E-state index contributed by atoms with van der Waals surface area (Å²) in [6.45, 7) is 2.04. The second-order valence-corrected chi connectivity index (χ2v) is 8.77. The van der Waals surface area contributed by atoms with Crippen molar-refractivity contribution in [3.05, 3.63) is 54.1 Å². The van der Waals surface area contributed by atoms with E-state index in [9.17, 15) is 4.79 Å². The summed E-state index contributed by atoms with van der Waals surface area (Å²) in [5, 5.41) is 15.2. The Morgan fingerprint density at radius 2 is 1.79 bits per heavy atom. The fourth-order valence-corrected chi connectivity index (χ4v) is 4.03. The Kier molecular flexibility index (Phi) is 5.78. The van der Waals surface area contributed by atoms with Crippen LogP contribution in [-0.2, 0) is 4.79 Å². The molecular weight excluding hydrogens is 392 g/mol. The van der Waals surface area contributed by atoms with Gasteiger partial charge in [0.1, 0.15) is 11.5 Å². The van der Waals surface area contributed by atoms with Crippen molar-refractivity contribution in [3.8, 4) is 11.5 Å². The summed E-state index contributed by atoms with van der Waals surface area (Å²) < 4.78 is 6.59. The molecule has 0 saturated heterocycles. The van der Waals surface area contributed by atoms with Crippen molar-refractivity contribution in [2.75, 3.05) is 16.4 Å². The molecule has 4 rings (SSSR count). The fraction of sp³-hybridized carbons (Fsp3) is 0.250. The standard InChI is InChI=1S/C20H20N4O2S2/c1-13-2-8-16(9-3-13)26-17-10-6-14(7-11-17)21-18(25)12-27-20-24-23-19(28-20)22-15-4-5-15/h2-3,6-11,15H,4-5,12H2,1H3,(H,21,25)(H,22,23). The molecule has 1 amide bonds. The molecule has 144 valence electrons. The largest absolute Gasteiger partial charge is 0.457 e. The Morgan fingerprint density at radius 3 is 2.46 bits per heavy atom. The molecule has 0 unspecified atom stereocenters. The molecule has 1 fully saturated rings. The van der Waals surface area contributed by atoms with Gasteiger partial charge in [-0.2, -0.15) is 0 Å². The second-order valence-electron chi connectivity index (χ2n) is 6.57. The van der Waals surface area contributed by atoms with Crippen LogP contribution in [0, 0.1) is 6.92 Å². The summed E-state index contributed by atoms with van der Waals surface area (Å²) >= 11 is 2.88. The Bertz CT molecular complexity index is 938. The van der Waals surface area contributed by atoms with Crippen molar-refractivity contribution in [3.63, 3.8) is 0 Å². The number of ether oxygens (including phenoxy) is 1. The van der Waals surface area contributed by atoms with Gasteiger partial charge in [0.25, 0.3) is 0 Å². The molecule has 1 aromatic heterocycles. The molecule has 0 spiro atoms. The maximum absolute atomic E-state index is 12.2. The molecule has 2 N–H and O–H groups in total. The van der Waals surface area contributed by atoms with Crippen LogP contribution in [0.1, 0.15) is 18.4 Å². The number of aromatic nitrogens is 2. The molecule has 6 nitrogen and oxygen atoms in total. The third kappa shape index (κ3) is 5.46. The molecule has 1 aliphatic carbocycles. The molecule has 0 aliphatic heterocycles. The number of hydrogen-bond acceptors (Lipinski definition) is 7.